The summed E-state index contributed by atoms with van der Waals surface area (Å²) < 4.78 is 10.0. The van der Waals surface area contributed by atoms with Gasteiger partial charge in [0, 0.05) is 4.90 Å². The lowest BCUT2D eigenvalue weighted by atomic mass is 10.1. The maximum absolute atomic E-state index is 12.3. The Morgan fingerprint density at radius 1 is 1.23 bits per heavy atom. The molecule has 1 aromatic carbocycles. The SMILES string of the molecule is CSC1=NSC2=NC(=O)/C(=C\c3ccc(Sc4ccccc4)o3)C(=N)N12. The zero-order valence-electron chi connectivity index (χ0n) is 13.5. The molecule has 1 N–H and O–H groups in total. The lowest BCUT2D eigenvalue weighted by Crippen LogP contribution is -2.41. The van der Waals surface area contributed by atoms with Crippen LogP contribution in [0.4, 0.5) is 0 Å². The van der Waals surface area contributed by atoms with E-state index in [0.29, 0.717) is 21.2 Å². The number of fused-ring (bicyclic) bond motifs is 1. The van der Waals surface area contributed by atoms with Crippen LogP contribution in [-0.4, -0.2) is 33.2 Å². The first-order chi connectivity index (χ1) is 12.7. The molecule has 2 aliphatic rings. The summed E-state index contributed by atoms with van der Waals surface area (Å²) in [5.74, 6) is 0.108. The highest BCUT2D eigenvalue weighted by molar-refractivity contribution is 8.18. The fourth-order valence-electron chi connectivity index (χ4n) is 2.35. The summed E-state index contributed by atoms with van der Waals surface area (Å²) in [6.07, 6.45) is 3.43. The molecule has 0 saturated carbocycles. The number of hydrogen-bond acceptors (Lipinski definition) is 7. The summed E-state index contributed by atoms with van der Waals surface area (Å²) in [6, 6.07) is 13.5. The van der Waals surface area contributed by atoms with E-state index in [9.17, 15) is 4.79 Å². The third-order valence-electron chi connectivity index (χ3n) is 3.53. The maximum atomic E-state index is 12.3. The molecule has 2 aliphatic heterocycles. The Hall–Kier alpha value is -2.23. The van der Waals surface area contributed by atoms with Gasteiger partial charge < -0.3 is 4.42 Å². The number of aliphatic imine (C=N–C) groups is 1. The summed E-state index contributed by atoms with van der Waals surface area (Å²) in [7, 11) is 0. The molecule has 2 aromatic rings. The fraction of sp³-hybridized carbons (Fsp3) is 0.0588. The number of thioether (sulfide) groups is 1. The van der Waals surface area contributed by atoms with Gasteiger partial charge in [0.25, 0.3) is 5.91 Å². The average molecular weight is 401 g/mol. The molecule has 6 nitrogen and oxygen atoms in total. The van der Waals surface area contributed by atoms with Crippen molar-refractivity contribution in [3.05, 3.63) is 53.8 Å². The molecule has 1 aromatic heterocycles. The summed E-state index contributed by atoms with van der Waals surface area (Å²) in [5.41, 5.74) is 0.184. The largest absolute Gasteiger partial charge is 0.450 e. The highest BCUT2D eigenvalue weighted by Crippen LogP contribution is 2.32. The lowest BCUT2D eigenvalue weighted by molar-refractivity contribution is -0.114. The number of amides is 1. The van der Waals surface area contributed by atoms with Crippen LogP contribution in [0.15, 0.2) is 71.8 Å². The van der Waals surface area contributed by atoms with Crippen molar-refractivity contribution in [2.45, 2.75) is 9.99 Å². The van der Waals surface area contributed by atoms with E-state index in [1.54, 1.807) is 17.0 Å². The van der Waals surface area contributed by atoms with Gasteiger partial charge in [-0.25, -0.2) is 4.90 Å². The first-order valence-electron chi connectivity index (χ1n) is 7.51. The molecule has 1 amide bonds. The number of nitrogens with zero attached hydrogens (tertiary/aromatic N) is 3. The summed E-state index contributed by atoms with van der Waals surface area (Å²) in [6.45, 7) is 0. The van der Waals surface area contributed by atoms with Crippen molar-refractivity contribution in [3.63, 3.8) is 0 Å². The zero-order valence-corrected chi connectivity index (χ0v) is 16.0. The van der Waals surface area contributed by atoms with Crippen LogP contribution in [0.3, 0.4) is 0 Å². The first-order valence-corrected chi connectivity index (χ1v) is 10.3. The molecular formula is C17H12N4O2S3. The van der Waals surface area contributed by atoms with Crippen LogP contribution in [0.2, 0.25) is 0 Å². The Balaban J connectivity index is 1.59. The van der Waals surface area contributed by atoms with Gasteiger partial charge in [-0.1, -0.05) is 41.7 Å². The van der Waals surface area contributed by atoms with Crippen molar-refractivity contribution in [3.8, 4) is 0 Å². The van der Waals surface area contributed by atoms with E-state index in [4.69, 9.17) is 9.83 Å². The van der Waals surface area contributed by atoms with Crippen LogP contribution in [0.25, 0.3) is 6.08 Å². The monoisotopic (exact) mass is 400 g/mol. The molecule has 130 valence electrons. The van der Waals surface area contributed by atoms with E-state index in [1.165, 1.54) is 23.5 Å². The van der Waals surface area contributed by atoms with Crippen LogP contribution < -0.4 is 0 Å². The topological polar surface area (TPSA) is 82.0 Å². The molecule has 4 rings (SSSR count). The molecule has 3 heterocycles. The van der Waals surface area contributed by atoms with Gasteiger partial charge in [0.1, 0.15) is 11.6 Å². The smallest absolute Gasteiger partial charge is 0.283 e. The Bertz CT molecular complexity index is 979. The van der Waals surface area contributed by atoms with Gasteiger partial charge in [0.15, 0.2) is 10.3 Å². The Kier molecular flexibility index (Phi) is 4.75. The minimum Gasteiger partial charge on any atom is -0.450 e. The first kappa shape index (κ1) is 17.2. The lowest BCUT2D eigenvalue weighted by Gasteiger charge is -2.23. The van der Waals surface area contributed by atoms with E-state index in [0.717, 1.165) is 16.8 Å². The minimum absolute atomic E-state index is 0.0618. The van der Waals surface area contributed by atoms with Crippen LogP contribution in [0.1, 0.15) is 5.76 Å². The number of benzene rings is 1. The van der Waals surface area contributed by atoms with Crippen LogP contribution >= 0.6 is 35.5 Å². The second kappa shape index (κ2) is 7.18. The predicted octanol–water partition coefficient (Wildman–Crippen LogP) is 4.37. The van der Waals surface area contributed by atoms with Gasteiger partial charge in [-0.3, -0.25) is 10.2 Å². The fourth-order valence-corrected chi connectivity index (χ4v) is 4.60. The number of nitrogens with one attached hydrogen (secondary N) is 1. The van der Waals surface area contributed by atoms with Crippen molar-refractivity contribution in [1.82, 2.24) is 4.90 Å². The summed E-state index contributed by atoms with van der Waals surface area (Å²) in [5, 5.41) is 10.1. The van der Waals surface area contributed by atoms with Crippen molar-refractivity contribution < 1.29 is 9.21 Å². The highest BCUT2D eigenvalue weighted by atomic mass is 32.2. The molecule has 0 aliphatic carbocycles. The molecule has 0 spiro atoms. The Morgan fingerprint density at radius 3 is 2.81 bits per heavy atom. The predicted molar refractivity (Wildman–Crippen MR) is 108 cm³/mol. The quantitative estimate of drug-likeness (QED) is 0.608. The molecule has 9 heteroatoms. The van der Waals surface area contributed by atoms with E-state index < -0.39 is 5.91 Å². The number of rotatable bonds is 3. The normalized spacial score (nSPS) is 18.2. The van der Waals surface area contributed by atoms with E-state index >= 15 is 0 Å². The van der Waals surface area contributed by atoms with Crippen molar-refractivity contribution in [2.24, 2.45) is 9.39 Å². The maximum Gasteiger partial charge on any atom is 0.283 e. The highest BCUT2D eigenvalue weighted by Gasteiger charge is 2.37. The van der Waals surface area contributed by atoms with Crippen LogP contribution in [0.5, 0.6) is 0 Å². The zero-order chi connectivity index (χ0) is 18.1. The molecule has 0 atom stereocenters. The van der Waals surface area contributed by atoms with E-state index in [-0.39, 0.29) is 11.4 Å². The van der Waals surface area contributed by atoms with Gasteiger partial charge in [0.2, 0.25) is 5.17 Å². The minimum atomic E-state index is -0.458. The van der Waals surface area contributed by atoms with Crippen LogP contribution in [-0.2, 0) is 4.79 Å². The molecule has 0 saturated heterocycles. The van der Waals surface area contributed by atoms with Crippen LogP contribution in [0, 0.1) is 5.41 Å². The summed E-state index contributed by atoms with van der Waals surface area (Å²) >= 11 is 4.01. The van der Waals surface area contributed by atoms with Gasteiger partial charge in [0.05, 0.1) is 17.5 Å². The third-order valence-corrected chi connectivity index (χ3v) is 5.91. The van der Waals surface area contributed by atoms with Gasteiger partial charge in [-0.15, -0.1) is 0 Å². The van der Waals surface area contributed by atoms with Gasteiger partial charge in [-0.2, -0.15) is 9.39 Å². The van der Waals surface area contributed by atoms with Gasteiger partial charge in [-0.05, 0) is 36.6 Å². The number of carbonyl (C=O) groups excluding carboxylic acids is 1. The number of carbonyl (C=O) groups is 1. The molecule has 0 fully saturated rings. The second-order valence-electron chi connectivity index (χ2n) is 5.18. The third kappa shape index (κ3) is 3.25. The number of hydrogen-bond donors (Lipinski definition) is 1. The average Bonchev–Trinajstić information content (AvgIpc) is 3.26. The molecule has 0 bridgehead atoms. The number of amidine groups is 3. The second-order valence-corrected chi connectivity index (χ2v) is 7.76. The Morgan fingerprint density at radius 2 is 2.04 bits per heavy atom. The number of furan rings is 1. The van der Waals surface area contributed by atoms with Crippen molar-refractivity contribution in [1.29, 1.82) is 5.41 Å². The summed E-state index contributed by atoms with van der Waals surface area (Å²) in [4.78, 5) is 19.0. The molecule has 0 radical (unpaired) electrons. The molecule has 26 heavy (non-hydrogen) atoms. The standard InChI is InChI=1S/C17H12N4O2S3/c1-24-17-20-26-16-19-15(22)12(14(18)21(16)17)9-10-7-8-13(23-10)25-11-5-3-2-4-6-11/h2-9,18H,1H3/b12-9-,18-14?. The van der Waals surface area contributed by atoms with E-state index in [2.05, 4.69) is 9.39 Å². The van der Waals surface area contributed by atoms with E-state index in [1.807, 2.05) is 42.7 Å². The molecular weight excluding hydrogens is 388 g/mol. The van der Waals surface area contributed by atoms with Crippen molar-refractivity contribution in [2.75, 3.05) is 6.26 Å². The van der Waals surface area contributed by atoms with Gasteiger partial charge >= 0.3 is 0 Å². The Labute approximate surface area is 162 Å². The molecule has 0 unspecified atom stereocenters. The van der Waals surface area contributed by atoms with Crippen molar-refractivity contribution >= 4 is 63.6 Å².